The molecule has 0 radical (unpaired) electrons. The van der Waals surface area contributed by atoms with Crippen molar-refractivity contribution in [2.75, 3.05) is 18.4 Å². The highest BCUT2D eigenvalue weighted by Gasteiger charge is 2.25. The molecule has 3 N–H and O–H groups in total. The van der Waals surface area contributed by atoms with Crippen LogP contribution in [0, 0.1) is 5.92 Å². The molecule has 1 aromatic rings. The summed E-state index contributed by atoms with van der Waals surface area (Å²) in [7, 11) is 0. The van der Waals surface area contributed by atoms with Crippen molar-refractivity contribution in [1.29, 1.82) is 0 Å². The minimum Gasteiger partial charge on any atom is -0.356 e. The molecular weight excluding hydrogens is 254 g/mol. The van der Waals surface area contributed by atoms with Crippen LogP contribution < -0.4 is 16.0 Å². The van der Waals surface area contributed by atoms with Crippen LogP contribution in [0.4, 0.5) is 5.69 Å². The van der Waals surface area contributed by atoms with E-state index in [1.54, 1.807) is 0 Å². The van der Waals surface area contributed by atoms with E-state index < -0.39 is 0 Å². The van der Waals surface area contributed by atoms with Crippen LogP contribution in [0.15, 0.2) is 24.3 Å². The molecular formula is C15H21N3O2. The Morgan fingerprint density at radius 1 is 1.40 bits per heavy atom. The number of benzene rings is 1. The largest absolute Gasteiger partial charge is 0.356 e. The van der Waals surface area contributed by atoms with Crippen LogP contribution in [0.2, 0.25) is 0 Å². The lowest BCUT2D eigenvalue weighted by atomic mass is 9.96. The number of piperidine rings is 1. The first-order valence-corrected chi connectivity index (χ1v) is 7.07. The van der Waals surface area contributed by atoms with E-state index in [0.29, 0.717) is 13.0 Å². The Balaban J connectivity index is 2.01. The van der Waals surface area contributed by atoms with Crippen molar-refractivity contribution in [1.82, 2.24) is 10.6 Å². The van der Waals surface area contributed by atoms with Gasteiger partial charge in [0.2, 0.25) is 11.8 Å². The second-order valence-electron chi connectivity index (χ2n) is 4.97. The van der Waals surface area contributed by atoms with Gasteiger partial charge in [-0.3, -0.25) is 9.59 Å². The molecule has 0 aromatic heterocycles. The van der Waals surface area contributed by atoms with Crippen LogP contribution in [0.1, 0.15) is 25.3 Å². The van der Waals surface area contributed by atoms with E-state index in [4.69, 9.17) is 0 Å². The number of hydrogen-bond donors (Lipinski definition) is 3. The topological polar surface area (TPSA) is 70.2 Å². The molecule has 1 unspecified atom stereocenters. The molecule has 0 bridgehead atoms. The van der Waals surface area contributed by atoms with Crippen molar-refractivity contribution in [3.05, 3.63) is 29.8 Å². The molecule has 1 aliphatic heterocycles. The van der Waals surface area contributed by atoms with Crippen LogP contribution in [-0.2, 0) is 16.1 Å². The van der Waals surface area contributed by atoms with Gasteiger partial charge in [-0.25, -0.2) is 0 Å². The van der Waals surface area contributed by atoms with Crippen LogP contribution >= 0.6 is 0 Å². The number of nitrogens with one attached hydrogen (secondary N) is 3. The highest BCUT2D eigenvalue weighted by atomic mass is 16.2. The lowest BCUT2D eigenvalue weighted by Gasteiger charge is -2.22. The number of amides is 2. The summed E-state index contributed by atoms with van der Waals surface area (Å²) >= 11 is 0. The molecule has 5 heteroatoms. The zero-order valence-electron chi connectivity index (χ0n) is 11.7. The molecule has 2 amide bonds. The smallest absolute Gasteiger partial charge is 0.228 e. The summed E-state index contributed by atoms with van der Waals surface area (Å²) in [5.74, 6) is -0.336. The van der Waals surface area contributed by atoms with Crippen molar-refractivity contribution >= 4 is 17.5 Å². The van der Waals surface area contributed by atoms with Crippen LogP contribution in [-0.4, -0.2) is 24.9 Å². The van der Waals surface area contributed by atoms with Crippen molar-refractivity contribution in [2.24, 2.45) is 5.92 Å². The third-order valence-corrected chi connectivity index (χ3v) is 3.46. The van der Waals surface area contributed by atoms with Crippen molar-refractivity contribution in [2.45, 2.75) is 26.3 Å². The van der Waals surface area contributed by atoms with E-state index in [0.717, 1.165) is 24.3 Å². The summed E-state index contributed by atoms with van der Waals surface area (Å²) in [5, 5.41) is 8.94. The maximum absolute atomic E-state index is 12.2. The van der Waals surface area contributed by atoms with Crippen LogP contribution in [0.25, 0.3) is 0 Å². The summed E-state index contributed by atoms with van der Waals surface area (Å²) in [5.41, 5.74) is 1.88. The molecule has 108 valence electrons. The molecule has 0 aliphatic carbocycles. The van der Waals surface area contributed by atoms with Gasteiger partial charge in [-0.2, -0.15) is 0 Å². The molecule has 1 aliphatic rings. The lowest BCUT2D eigenvalue weighted by molar-refractivity contribution is -0.129. The van der Waals surface area contributed by atoms with E-state index >= 15 is 0 Å². The monoisotopic (exact) mass is 275 g/mol. The summed E-state index contributed by atoms with van der Waals surface area (Å²) in [6, 6.07) is 7.74. The van der Waals surface area contributed by atoms with Gasteiger partial charge in [0.25, 0.3) is 0 Å². The van der Waals surface area contributed by atoms with Gasteiger partial charge < -0.3 is 16.0 Å². The maximum Gasteiger partial charge on any atom is 0.228 e. The van der Waals surface area contributed by atoms with E-state index in [2.05, 4.69) is 16.0 Å². The molecule has 1 heterocycles. The molecule has 2 rings (SSSR count). The van der Waals surface area contributed by atoms with Crippen molar-refractivity contribution in [3.63, 3.8) is 0 Å². The molecule has 0 spiro atoms. The zero-order valence-corrected chi connectivity index (χ0v) is 11.7. The van der Waals surface area contributed by atoms with Gasteiger partial charge in [0.05, 0.1) is 0 Å². The normalized spacial score (nSPS) is 18.4. The number of rotatable bonds is 5. The highest BCUT2D eigenvalue weighted by Crippen LogP contribution is 2.19. The van der Waals surface area contributed by atoms with E-state index in [1.807, 2.05) is 31.2 Å². The highest BCUT2D eigenvalue weighted by molar-refractivity contribution is 5.96. The van der Waals surface area contributed by atoms with Gasteiger partial charge in [0.1, 0.15) is 0 Å². The fraction of sp³-hybridized carbons (Fsp3) is 0.467. The standard InChI is InChI=1S/C15H21N3O2/c1-2-16-10-12-5-3-4-6-13(12)18-15(20)11-7-8-17-14(19)9-11/h3-6,11,16H,2,7-10H2,1H3,(H,17,19)(H,18,20). The summed E-state index contributed by atoms with van der Waals surface area (Å²) < 4.78 is 0. The van der Waals surface area contributed by atoms with Gasteiger partial charge in [-0.15, -0.1) is 0 Å². The zero-order chi connectivity index (χ0) is 14.4. The van der Waals surface area contributed by atoms with Crippen molar-refractivity contribution < 1.29 is 9.59 Å². The second-order valence-corrected chi connectivity index (χ2v) is 4.97. The third-order valence-electron chi connectivity index (χ3n) is 3.46. The predicted octanol–water partition coefficient (Wildman–Crippen LogP) is 1.26. The summed E-state index contributed by atoms with van der Waals surface area (Å²) in [6.45, 7) is 4.22. The Morgan fingerprint density at radius 3 is 2.95 bits per heavy atom. The Hall–Kier alpha value is -1.88. The number of carbonyl (C=O) groups is 2. The lowest BCUT2D eigenvalue weighted by Crippen LogP contribution is -2.38. The van der Waals surface area contributed by atoms with Gasteiger partial charge in [0, 0.05) is 31.1 Å². The Labute approximate surface area is 119 Å². The fourth-order valence-electron chi connectivity index (χ4n) is 2.30. The molecule has 1 fully saturated rings. The number of para-hydroxylation sites is 1. The first kappa shape index (κ1) is 14.5. The number of anilines is 1. The quantitative estimate of drug-likeness (QED) is 0.757. The average molecular weight is 275 g/mol. The van der Waals surface area contributed by atoms with Crippen LogP contribution in [0.5, 0.6) is 0 Å². The number of carbonyl (C=O) groups excluding carboxylic acids is 2. The van der Waals surface area contributed by atoms with E-state index in [-0.39, 0.29) is 24.2 Å². The molecule has 0 saturated carbocycles. The minimum absolute atomic E-state index is 0.0441. The molecule has 1 aromatic carbocycles. The molecule has 5 nitrogen and oxygen atoms in total. The Morgan fingerprint density at radius 2 is 2.20 bits per heavy atom. The molecule has 1 atom stereocenters. The van der Waals surface area contributed by atoms with E-state index in [9.17, 15) is 9.59 Å². The SMILES string of the molecule is CCNCc1ccccc1NC(=O)C1CCNC(=O)C1. The Kier molecular flexibility index (Phi) is 5.12. The van der Waals surface area contributed by atoms with Crippen molar-refractivity contribution in [3.8, 4) is 0 Å². The predicted molar refractivity (Wildman–Crippen MR) is 78.2 cm³/mol. The third kappa shape index (κ3) is 3.81. The summed E-state index contributed by atoms with van der Waals surface area (Å²) in [4.78, 5) is 23.6. The first-order valence-electron chi connectivity index (χ1n) is 7.07. The number of hydrogen-bond acceptors (Lipinski definition) is 3. The second kappa shape index (κ2) is 7.05. The molecule has 1 saturated heterocycles. The van der Waals surface area contributed by atoms with E-state index in [1.165, 1.54) is 0 Å². The van der Waals surface area contributed by atoms with Crippen LogP contribution in [0.3, 0.4) is 0 Å². The minimum atomic E-state index is -0.226. The fourth-order valence-corrected chi connectivity index (χ4v) is 2.30. The maximum atomic E-state index is 12.2. The van der Waals surface area contributed by atoms with Gasteiger partial charge >= 0.3 is 0 Å². The first-order chi connectivity index (χ1) is 9.70. The summed E-state index contributed by atoms with van der Waals surface area (Å²) in [6.07, 6.45) is 0.980. The average Bonchev–Trinajstić information content (AvgIpc) is 2.46. The van der Waals surface area contributed by atoms with Gasteiger partial charge in [-0.1, -0.05) is 25.1 Å². The molecule has 20 heavy (non-hydrogen) atoms. The Bertz CT molecular complexity index is 488. The van der Waals surface area contributed by atoms with Gasteiger partial charge in [-0.05, 0) is 24.6 Å². The van der Waals surface area contributed by atoms with Gasteiger partial charge in [0.15, 0.2) is 0 Å².